The highest BCUT2D eigenvalue weighted by Gasteiger charge is 2.14. The highest BCUT2D eigenvalue weighted by atomic mass is 35.5. The molecule has 100 valence electrons. The molecule has 2 aromatic rings. The first kappa shape index (κ1) is 13.8. The Bertz CT molecular complexity index is 588. The average molecular weight is 298 g/mol. The van der Waals surface area contributed by atoms with Gasteiger partial charge in [-0.1, -0.05) is 11.6 Å². The maximum atomic E-state index is 11.0. The van der Waals surface area contributed by atoms with E-state index in [1.807, 2.05) is 19.1 Å². The molecule has 7 heteroatoms. The zero-order chi connectivity index (χ0) is 13.8. The molecule has 0 bridgehead atoms. The summed E-state index contributed by atoms with van der Waals surface area (Å²) in [7, 11) is 0. The van der Waals surface area contributed by atoms with Gasteiger partial charge in [-0.15, -0.1) is 11.3 Å². The van der Waals surface area contributed by atoms with Crippen LogP contribution in [0.25, 0.3) is 0 Å². The van der Waals surface area contributed by atoms with Crippen molar-refractivity contribution in [1.82, 2.24) is 9.97 Å². The van der Waals surface area contributed by atoms with E-state index in [4.69, 9.17) is 16.7 Å². The van der Waals surface area contributed by atoms with Gasteiger partial charge in [-0.25, -0.2) is 9.97 Å². The van der Waals surface area contributed by atoms with Gasteiger partial charge in [-0.3, -0.25) is 4.79 Å². The molecule has 0 radical (unpaired) electrons. The normalized spacial score (nSPS) is 10.4. The number of aliphatic carboxylic acids is 1. The lowest BCUT2D eigenvalue weighted by atomic mass is 10.3. The molecule has 0 saturated carbocycles. The Morgan fingerprint density at radius 1 is 1.53 bits per heavy atom. The summed E-state index contributed by atoms with van der Waals surface area (Å²) in [6.45, 7) is 2.24. The van der Waals surface area contributed by atoms with Crippen molar-refractivity contribution >= 4 is 34.7 Å². The van der Waals surface area contributed by atoms with E-state index in [1.54, 1.807) is 17.3 Å². The van der Waals surface area contributed by atoms with Crippen molar-refractivity contribution in [2.75, 3.05) is 11.4 Å². The smallest absolute Gasteiger partial charge is 0.323 e. The lowest BCUT2D eigenvalue weighted by Crippen LogP contribution is -2.29. The summed E-state index contributed by atoms with van der Waals surface area (Å²) in [6, 6.07) is 3.72. The zero-order valence-corrected chi connectivity index (χ0v) is 11.8. The van der Waals surface area contributed by atoms with Crippen molar-refractivity contribution in [3.8, 4) is 0 Å². The fraction of sp³-hybridized carbons (Fsp3) is 0.250. The van der Waals surface area contributed by atoms with Crippen LogP contribution in [-0.4, -0.2) is 27.6 Å². The van der Waals surface area contributed by atoms with Gasteiger partial charge in [0.1, 0.15) is 12.4 Å². The number of aromatic nitrogens is 2. The zero-order valence-electron chi connectivity index (χ0n) is 10.2. The molecule has 2 rings (SSSR count). The highest BCUT2D eigenvalue weighted by Crippen LogP contribution is 2.22. The van der Waals surface area contributed by atoms with E-state index in [9.17, 15) is 4.79 Å². The molecule has 0 unspecified atom stereocenters. The van der Waals surface area contributed by atoms with Gasteiger partial charge in [0.05, 0.1) is 6.54 Å². The van der Waals surface area contributed by atoms with Crippen molar-refractivity contribution in [1.29, 1.82) is 0 Å². The number of pyridine rings is 1. The van der Waals surface area contributed by atoms with Crippen molar-refractivity contribution < 1.29 is 9.90 Å². The van der Waals surface area contributed by atoms with Gasteiger partial charge in [-0.05, 0) is 24.6 Å². The van der Waals surface area contributed by atoms with Crippen molar-refractivity contribution in [3.63, 3.8) is 0 Å². The molecule has 1 N–H and O–H groups in total. The van der Waals surface area contributed by atoms with Crippen LogP contribution in [0.1, 0.15) is 10.4 Å². The number of halogens is 1. The summed E-state index contributed by atoms with van der Waals surface area (Å²) in [5, 5.41) is 8.99. The molecule has 0 aromatic carbocycles. The van der Waals surface area contributed by atoms with Crippen LogP contribution in [0, 0.1) is 6.92 Å². The number of carbonyl (C=O) groups is 1. The van der Waals surface area contributed by atoms with Crippen molar-refractivity contribution in [2.24, 2.45) is 0 Å². The third-order valence-corrected chi connectivity index (χ3v) is 3.52. The molecular formula is C12H12ClN3O2S. The lowest BCUT2D eigenvalue weighted by Gasteiger charge is -2.21. The first-order chi connectivity index (χ1) is 9.04. The minimum Gasteiger partial charge on any atom is -0.480 e. The fourth-order valence-corrected chi connectivity index (χ4v) is 2.61. The molecule has 0 aliphatic carbocycles. The Morgan fingerprint density at radius 3 is 2.89 bits per heavy atom. The second-order valence-corrected chi connectivity index (χ2v) is 5.72. The Balaban J connectivity index is 2.22. The summed E-state index contributed by atoms with van der Waals surface area (Å²) < 4.78 is 0.447. The molecule has 2 aromatic heterocycles. The minimum atomic E-state index is -0.904. The number of hydrogen-bond donors (Lipinski definition) is 1. The van der Waals surface area contributed by atoms with Crippen LogP contribution in [0.4, 0.5) is 5.82 Å². The number of nitrogens with zero attached hydrogens (tertiary/aromatic N) is 3. The monoisotopic (exact) mass is 297 g/mol. The number of anilines is 1. The van der Waals surface area contributed by atoms with Gasteiger partial charge in [0.15, 0.2) is 4.47 Å². The SMILES string of the molecule is Cc1ccnc(N(CC(=O)O)Cc2cnc(Cl)s2)c1. The number of rotatable bonds is 5. The molecular weight excluding hydrogens is 286 g/mol. The molecule has 19 heavy (non-hydrogen) atoms. The van der Waals surface area contributed by atoms with E-state index in [0.29, 0.717) is 16.8 Å². The molecule has 0 fully saturated rings. The Kier molecular flexibility index (Phi) is 4.34. The molecule has 0 atom stereocenters. The molecule has 0 spiro atoms. The molecule has 0 amide bonds. The van der Waals surface area contributed by atoms with Gasteiger partial charge < -0.3 is 10.0 Å². The number of thiazole rings is 1. The van der Waals surface area contributed by atoms with Crippen LogP contribution in [0.3, 0.4) is 0 Å². The van der Waals surface area contributed by atoms with E-state index in [0.717, 1.165) is 10.4 Å². The average Bonchev–Trinajstić information content (AvgIpc) is 2.73. The quantitative estimate of drug-likeness (QED) is 0.919. The summed E-state index contributed by atoms with van der Waals surface area (Å²) >= 11 is 7.11. The van der Waals surface area contributed by atoms with Crippen LogP contribution in [-0.2, 0) is 11.3 Å². The fourth-order valence-electron chi connectivity index (χ4n) is 1.62. The van der Waals surface area contributed by atoms with E-state index in [1.165, 1.54) is 11.3 Å². The third-order valence-electron chi connectivity index (χ3n) is 2.42. The van der Waals surface area contributed by atoms with Gasteiger partial charge in [0, 0.05) is 17.3 Å². The van der Waals surface area contributed by atoms with Gasteiger partial charge in [0.25, 0.3) is 0 Å². The predicted octanol–water partition coefficient (Wildman–Crippen LogP) is 2.59. The van der Waals surface area contributed by atoms with E-state index in [2.05, 4.69) is 9.97 Å². The molecule has 0 aliphatic rings. The van der Waals surface area contributed by atoms with E-state index in [-0.39, 0.29) is 6.54 Å². The van der Waals surface area contributed by atoms with E-state index >= 15 is 0 Å². The second kappa shape index (κ2) is 5.99. The highest BCUT2D eigenvalue weighted by molar-refractivity contribution is 7.15. The Labute approximate surface area is 119 Å². The second-order valence-electron chi connectivity index (χ2n) is 4.02. The van der Waals surface area contributed by atoms with E-state index < -0.39 is 5.97 Å². The Hall–Kier alpha value is -1.66. The van der Waals surface area contributed by atoms with Crippen LogP contribution in [0.2, 0.25) is 4.47 Å². The predicted molar refractivity (Wildman–Crippen MR) is 74.8 cm³/mol. The standard InChI is InChI=1S/C12H12ClN3O2S/c1-8-2-3-14-10(4-8)16(7-11(17)18)6-9-5-15-12(13)19-9/h2-5H,6-7H2,1H3,(H,17,18). The van der Waals surface area contributed by atoms with Crippen molar-refractivity contribution in [3.05, 3.63) is 39.4 Å². The molecule has 0 aliphatic heterocycles. The summed E-state index contributed by atoms with van der Waals surface area (Å²) in [5.74, 6) is -0.272. The largest absolute Gasteiger partial charge is 0.480 e. The Morgan fingerprint density at radius 2 is 2.32 bits per heavy atom. The summed E-state index contributed by atoms with van der Waals surface area (Å²) in [4.78, 5) is 21.7. The minimum absolute atomic E-state index is 0.119. The maximum absolute atomic E-state index is 11.0. The first-order valence-corrected chi connectivity index (χ1v) is 6.73. The molecule has 0 saturated heterocycles. The van der Waals surface area contributed by atoms with Crippen molar-refractivity contribution in [2.45, 2.75) is 13.5 Å². The summed E-state index contributed by atoms with van der Waals surface area (Å²) in [5.41, 5.74) is 1.03. The maximum Gasteiger partial charge on any atom is 0.323 e. The molecule has 5 nitrogen and oxygen atoms in total. The van der Waals surface area contributed by atoms with Crippen LogP contribution in [0.15, 0.2) is 24.5 Å². The number of carboxylic acids is 1. The first-order valence-electron chi connectivity index (χ1n) is 5.54. The van der Waals surface area contributed by atoms with Gasteiger partial charge >= 0.3 is 5.97 Å². The number of hydrogen-bond acceptors (Lipinski definition) is 5. The van der Waals surface area contributed by atoms with Crippen LogP contribution >= 0.6 is 22.9 Å². The van der Waals surface area contributed by atoms with Gasteiger partial charge in [0.2, 0.25) is 0 Å². The summed E-state index contributed by atoms with van der Waals surface area (Å²) in [6.07, 6.45) is 3.32. The number of aryl methyl sites for hydroxylation is 1. The topological polar surface area (TPSA) is 66.3 Å². The number of carboxylic acid groups (broad SMARTS) is 1. The third kappa shape index (κ3) is 3.90. The lowest BCUT2D eigenvalue weighted by molar-refractivity contribution is -0.135. The van der Waals surface area contributed by atoms with Crippen LogP contribution in [0.5, 0.6) is 0 Å². The van der Waals surface area contributed by atoms with Gasteiger partial charge in [-0.2, -0.15) is 0 Å². The van der Waals surface area contributed by atoms with Crippen LogP contribution < -0.4 is 4.90 Å². The molecule has 2 heterocycles.